The van der Waals surface area contributed by atoms with Crippen LogP contribution in [0.25, 0.3) is 11.0 Å². The Morgan fingerprint density at radius 3 is 2.59 bits per heavy atom. The number of nitrogens with zero attached hydrogens (tertiary/aromatic N) is 2. The molecule has 2 aromatic rings. The maximum absolute atomic E-state index is 9.23. The Morgan fingerprint density at radius 2 is 2.00 bits per heavy atom. The van der Waals surface area contributed by atoms with Gasteiger partial charge < -0.3 is 15.4 Å². The van der Waals surface area contributed by atoms with E-state index in [1.54, 1.807) is 0 Å². The number of aliphatic hydroxyl groups excluding tert-OH is 1. The number of para-hydroxylation sites is 2. The number of aliphatic hydroxyl groups is 1. The molecule has 4 nitrogen and oxygen atoms in total. The quantitative estimate of drug-likeness (QED) is 0.831. The zero-order valence-electron chi connectivity index (χ0n) is 10.5. The van der Waals surface area contributed by atoms with E-state index in [1.165, 1.54) is 0 Å². The van der Waals surface area contributed by atoms with Crippen molar-refractivity contribution < 1.29 is 5.11 Å². The van der Waals surface area contributed by atoms with Crippen molar-refractivity contribution in [2.75, 3.05) is 6.61 Å². The minimum Gasteiger partial charge on any atom is -0.394 e. The lowest BCUT2D eigenvalue weighted by atomic mass is 10.1. The number of aromatic nitrogens is 2. The van der Waals surface area contributed by atoms with Gasteiger partial charge in [-0.2, -0.15) is 0 Å². The topological polar surface area (TPSA) is 64.1 Å². The van der Waals surface area contributed by atoms with E-state index < -0.39 is 6.04 Å². The molecule has 17 heavy (non-hydrogen) atoms. The summed E-state index contributed by atoms with van der Waals surface area (Å²) < 4.78 is 2.10. The normalized spacial score (nSPS) is 14.2. The van der Waals surface area contributed by atoms with Crippen LogP contribution >= 0.6 is 0 Å². The van der Waals surface area contributed by atoms with Crippen molar-refractivity contribution in [1.29, 1.82) is 0 Å². The second-order valence-corrected chi connectivity index (χ2v) is 5.25. The summed E-state index contributed by atoms with van der Waals surface area (Å²) in [7, 11) is 0. The van der Waals surface area contributed by atoms with Gasteiger partial charge in [-0.25, -0.2) is 4.98 Å². The van der Waals surface area contributed by atoms with Gasteiger partial charge in [-0.15, -0.1) is 0 Å². The molecule has 0 saturated carbocycles. The summed E-state index contributed by atoms with van der Waals surface area (Å²) in [4.78, 5) is 4.53. The molecule has 2 rings (SSSR count). The van der Waals surface area contributed by atoms with E-state index in [2.05, 4.69) is 30.3 Å². The number of nitrogens with two attached hydrogens (primary N) is 1. The van der Waals surface area contributed by atoms with Gasteiger partial charge in [-0.05, 0) is 32.9 Å². The van der Waals surface area contributed by atoms with E-state index in [0.29, 0.717) is 0 Å². The summed E-state index contributed by atoms with van der Waals surface area (Å²) in [5.74, 6) is 0.737. The maximum atomic E-state index is 9.23. The molecule has 0 aliphatic carbocycles. The van der Waals surface area contributed by atoms with Gasteiger partial charge >= 0.3 is 0 Å². The molecule has 0 saturated heterocycles. The second-order valence-electron chi connectivity index (χ2n) is 5.25. The van der Waals surface area contributed by atoms with Crippen molar-refractivity contribution in [1.82, 2.24) is 9.55 Å². The number of rotatable bonds is 2. The molecule has 0 spiro atoms. The molecule has 0 radical (unpaired) electrons. The molecule has 92 valence electrons. The van der Waals surface area contributed by atoms with Crippen LogP contribution in [-0.4, -0.2) is 21.3 Å². The Labute approximate surface area is 101 Å². The largest absolute Gasteiger partial charge is 0.394 e. The number of benzene rings is 1. The van der Waals surface area contributed by atoms with Crippen LogP contribution in [-0.2, 0) is 5.54 Å². The van der Waals surface area contributed by atoms with Gasteiger partial charge in [0.15, 0.2) is 0 Å². The average molecular weight is 233 g/mol. The third kappa shape index (κ3) is 2.06. The first-order chi connectivity index (χ1) is 7.95. The highest BCUT2D eigenvalue weighted by molar-refractivity contribution is 5.76. The van der Waals surface area contributed by atoms with Crippen LogP contribution in [0.4, 0.5) is 0 Å². The third-order valence-electron chi connectivity index (χ3n) is 2.79. The lowest BCUT2D eigenvalue weighted by Gasteiger charge is -2.26. The lowest BCUT2D eigenvalue weighted by molar-refractivity contribution is 0.254. The number of hydrogen-bond acceptors (Lipinski definition) is 3. The van der Waals surface area contributed by atoms with Crippen molar-refractivity contribution in [2.45, 2.75) is 32.4 Å². The molecule has 0 fully saturated rings. The smallest absolute Gasteiger partial charge is 0.129 e. The highest BCUT2D eigenvalue weighted by Gasteiger charge is 2.24. The van der Waals surface area contributed by atoms with Crippen molar-refractivity contribution >= 4 is 11.0 Å². The summed E-state index contributed by atoms with van der Waals surface area (Å²) in [6.07, 6.45) is 0. The highest BCUT2D eigenvalue weighted by atomic mass is 16.3. The van der Waals surface area contributed by atoms with E-state index in [4.69, 9.17) is 5.73 Å². The van der Waals surface area contributed by atoms with Crippen LogP contribution in [0.1, 0.15) is 32.6 Å². The number of fused-ring (bicyclic) bond motifs is 1. The molecular formula is C13H19N3O. The maximum Gasteiger partial charge on any atom is 0.129 e. The van der Waals surface area contributed by atoms with Crippen LogP contribution in [0, 0.1) is 0 Å². The van der Waals surface area contributed by atoms with Gasteiger partial charge in [0.25, 0.3) is 0 Å². The van der Waals surface area contributed by atoms with Crippen LogP contribution < -0.4 is 5.73 Å². The van der Waals surface area contributed by atoms with Gasteiger partial charge in [-0.1, -0.05) is 12.1 Å². The second kappa shape index (κ2) is 4.13. The fourth-order valence-electron chi connectivity index (χ4n) is 2.08. The van der Waals surface area contributed by atoms with Crippen LogP contribution in [0.5, 0.6) is 0 Å². The van der Waals surface area contributed by atoms with E-state index in [1.807, 2.05) is 24.3 Å². The summed E-state index contributed by atoms with van der Waals surface area (Å²) in [6.45, 7) is 6.22. The highest BCUT2D eigenvalue weighted by Crippen LogP contribution is 2.27. The molecule has 4 heteroatoms. The molecular weight excluding hydrogens is 214 g/mol. The van der Waals surface area contributed by atoms with E-state index in [9.17, 15) is 5.11 Å². The van der Waals surface area contributed by atoms with E-state index in [0.717, 1.165) is 16.9 Å². The molecule has 0 aliphatic heterocycles. The van der Waals surface area contributed by atoms with Crippen LogP contribution in [0.2, 0.25) is 0 Å². The minimum atomic E-state index is -0.443. The molecule has 3 N–H and O–H groups in total. The van der Waals surface area contributed by atoms with E-state index >= 15 is 0 Å². The third-order valence-corrected chi connectivity index (χ3v) is 2.79. The van der Waals surface area contributed by atoms with Crippen molar-refractivity contribution in [3.05, 3.63) is 30.1 Å². The summed E-state index contributed by atoms with van der Waals surface area (Å²) in [5, 5.41) is 9.23. The Balaban J connectivity index is 2.74. The Hall–Kier alpha value is -1.39. The van der Waals surface area contributed by atoms with Crippen LogP contribution in [0.15, 0.2) is 24.3 Å². The average Bonchev–Trinajstić information content (AvgIpc) is 2.66. The van der Waals surface area contributed by atoms with Crippen molar-refractivity contribution in [3.63, 3.8) is 0 Å². The molecule has 1 heterocycles. The zero-order chi connectivity index (χ0) is 12.6. The fourth-order valence-corrected chi connectivity index (χ4v) is 2.08. The molecule has 1 atom stereocenters. The standard InChI is InChI=1S/C13H19N3O/c1-13(2,3)16-11-7-5-4-6-10(11)15-12(16)9(14)8-17/h4-7,9,17H,8,14H2,1-3H3. The molecule has 1 unspecified atom stereocenters. The number of imidazole rings is 1. The van der Waals surface area contributed by atoms with Gasteiger partial charge in [0.1, 0.15) is 5.82 Å². The summed E-state index contributed by atoms with van der Waals surface area (Å²) in [5.41, 5.74) is 7.78. The first-order valence-corrected chi connectivity index (χ1v) is 5.79. The first kappa shape index (κ1) is 12.1. The molecule has 0 aliphatic rings. The predicted octanol–water partition coefficient (Wildman–Crippen LogP) is 1.78. The van der Waals surface area contributed by atoms with Crippen molar-refractivity contribution in [2.24, 2.45) is 5.73 Å². The molecule has 0 amide bonds. The molecule has 1 aromatic carbocycles. The van der Waals surface area contributed by atoms with E-state index in [-0.39, 0.29) is 12.1 Å². The first-order valence-electron chi connectivity index (χ1n) is 5.79. The molecule has 0 bridgehead atoms. The Bertz CT molecular complexity index is 525. The summed E-state index contributed by atoms with van der Waals surface area (Å²) >= 11 is 0. The SMILES string of the molecule is CC(C)(C)n1c(C(N)CO)nc2ccccc21. The van der Waals surface area contributed by atoms with Gasteiger partial charge in [0, 0.05) is 5.54 Å². The Morgan fingerprint density at radius 1 is 1.35 bits per heavy atom. The minimum absolute atomic E-state index is 0.0978. The monoisotopic (exact) mass is 233 g/mol. The zero-order valence-corrected chi connectivity index (χ0v) is 10.5. The lowest BCUT2D eigenvalue weighted by Crippen LogP contribution is -2.29. The summed E-state index contributed by atoms with van der Waals surface area (Å²) in [6, 6.07) is 7.49. The fraction of sp³-hybridized carbons (Fsp3) is 0.462. The van der Waals surface area contributed by atoms with Crippen LogP contribution in [0.3, 0.4) is 0 Å². The van der Waals surface area contributed by atoms with Gasteiger partial charge in [0.05, 0.1) is 23.7 Å². The molecule has 1 aromatic heterocycles. The Kier molecular flexibility index (Phi) is 2.93. The van der Waals surface area contributed by atoms with Gasteiger partial charge in [0.2, 0.25) is 0 Å². The number of hydrogen-bond donors (Lipinski definition) is 2. The predicted molar refractivity (Wildman–Crippen MR) is 68.7 cm³/mol. The van der Waals surface area contributed by atoms with Gasteiger partial charge in [-0.3, -0.25) is 0 Å². The van der Waals surface area contributed by atoms with Crippen molar-refractivity contribution in [3.8, 4) is 0 Å².